The van der Waals surface area contributed by atoms with Gasteiger partial charge in [-0.05, 0) is 38.7 Å². The number of carboxylic acid groups (broad SMARTS) is 1. The monoisotopic (exact) mass is 439 g/mol. The summed E-state index contributed by atoms with van der Waals surface area (Å²) in [6.45, 7) is 13.7. The second kappa shape index (κ2) is 11.1. The van der Waals surface area contributed by atoms with Gasteiger partial charge >= 0.3 is 5.97 Å². The van der Waals surface area contributed by atoms with Crippen molar-refractivity contribution < 1.29 is 9.90 Å². The lowest BCUT2D eigenvalue weighted by Crippen LogP contribution is -2.29. The number of thioether (sulfide) groups is 2. The maximum atomic E-state index is 10.9. The van der Waals surface area contributed by atoms with Crippen LogP contribution in [-0.2, 0) is 4.79 Å². The maximum absolute atomic E-state index is 10.9. The fourth-order valence-electron chi connectivity index (χ4n) is 3.06. The standard InChI is InChI=1S/C14H14N2O2S3.C6H15N/c1-2-16-9-5-3-4-6-10(9)20-13(16)11-7-15(8-12(17)18)14(19)21-11;1-4-7(5-2)6-3/h3-6H,2,7-8H2,1H3,(H,17,18);4-6H2,1-3H3/b13-11+;. The Hall–Kier alpha value is -1.22. The van der Waals surface area contributed by atoms with Crippen molar-refractivity contribution in [3.63, 3.8) is 0 Å². The highest BCUT2D eigenvalue weighted by atomic mass is 32.2. The SMILES string of the molecule is CCN(CC)CC.CCN1/C(=C2/CN(CC(=O)O)C(=S)S2)Sc2ccccc21. The molecular formula is C20H29N3O2S3. The summed E-state index contributed by atoms with van der Waals surface area (Å²) in [7, 11) is 0. The van der Waals surface area contributed by atoms with E-state index in [9.17, 15) is 4.79 Å². The average Bonchev–Trinajstić information content (AvgIpc) is 3.23. The highest BCUT2D eigenvalue weighted by Crippen LogP contribution is 2.49. The first-order valence-electron chi connectivity index (χ1n) is 9.63. The van der Waals surface area contributed by atoms with Gasteiger partial charge in [0.05, 0.1) is 17.3 Å². The van der Waals surface area contributed by atoms with Crippen molar-refractivity contribution in [1.29, 1.82) is 0 Å². The van der Waals surface area contributed by atoms with Gasteiger partial charge in [0.15, 0.2) is 0 Å². The molecule has 1 N–H and O–H groups in total. The van der Waals surface area contributed by atoms with E-state index in [1.807, 2.05) is 12.1 Å². The Kier molecular flexibility index (Phi) is 9.14. The number of benzene rings is 1. The summed E-state index contributed by atoms with van der Waals surface area (Å²) < 4.78 is 0.646. The van der Waals surface area contributed by atoms with E-state index < -0.39 is 5.97 Å². The van der Waals surface area contributed by atoms with Crippen LogP contribution in [0.1, 0.15) is 27.7 Å². The second-order valence-electron chi connectivity index (χ2n) is 6.28. The third-order valence-corrected chi connectivity index (χ3v) is 7.50. The first kappa shape index (κ1) is 23.1. The van der Waals surface area contributed by atoms with Crippen molar-refractivity contribution >= 4 is 51.7 Å². The van der Waals surface area contributed by atoms with E-state index in [4.69, 9.17) is 17.3 Å². The fourth-order valence-corrected chi connectivity index (χ4v) is 5.78. The molecule has 0 spiro atoms. The molecule has 8 heteroatoms. The second-order valence-corrected chi connectivity index (χ2v) is 9.04. The molecule has 1 fully saturated rings. The number of hydrogen-bond donors (Lipinski definition) is 1. The van der Waals surface area contributed by atoms with Crippen LogP contribution < -0.4 is 4.90 Å². The lowest BCUT2D eigenvalue weighted by molar-refractivity contribution is -0.137. The van der Waals surface area contributed by atoms with Crippen molar-refractivity contribution in [2.75, 3.05) is 44.2 Å². The Balaban J connectivity index is 0.000000345. The number of nitrogens with zero attached hydrogens (tertiary/aromatic N) is 3. The van der Waals surface area contributed by atoms with Gasteiger partial charge in [-0.1, -0.05) is 68.6 Å². The van der Waals surface area contributed by atoms with Crippen LogP contribution in [0.2, 0.25) is 0 Å². The molecule has 1 saturated heterocycles. The molecule has 5 nitrogen and oxygen atoms in total. The maximum Gasteiger partial charge on any atom is 0.323 e. The Labute approximate surface area is 182 Å². The highest BCUT2D eigenvalue weighted by Gasteiger charge is 2.32. The molecule has 2 aliphatic rings. The predicted octanol–water partition coefficient (Wildman–Crippen LogP) is 4.55. The van der Waals surface area contributed by atoms with Gasteiger partial charge in [0.1, 0.15) is 10.9 Å². The summed E-state index contributed by atoms with van der Waals surface area (Å²) in [4.78, 5) is 19.7. The zero-order valence-electron chi connectivity index (χ0n) is 17.0. The van der Waals surface area contributed by atoms with Crippen molar-refractivity contribution in [1.82, 2.24) is 9.80 Å². The van der Waals surface area contributed by atoms with E-state index in [0.717, 1.165) is 11.4 Å². The normalized spacial score (nSPS) is 18.4. The number of carboxylic acids is 1. The van der Waals surface area contributed by atoms with Gasteiger partial charge < -0.3 is 19.8 Å². The molecule has 2 heterocycles. The molecule has 1 aromatic carbocycles. The van der Waals surface area contributed by atoms with E-state index >= 15 is 0 Å². The minimum atomic E-state index is -0.848. The Morgan fingerprint density at radius 3 is 2.32 bits per heavy atom. The molecule has 1 aromatic rings. The predicted molar refractivity (Wildman–Crippen MR) is 125 cm³/mol. The van der Waals surface area contributed by atoms with Crippen LogP contribution in [0.3, 0.4) is 0 Å². The minimum absolute atomic E-state index is 0.0354. The van der Waals surface area contributed by atoms with Crippen molar-refractivity contribution in [3.8, 4) is 0 Å². The molecule has 0 radical (unpaired) electrons. The molecule has 0 saturated carbocycles. The number of para-hydroxylation sites is 1. The van der Waals surface area contributed by atoms with E-state index in [-0.39, 0.29) is 6.54 Å². The third kappa shape index (κ3) is 5.65. The summed E-state index contributed by atoms with van der Waals surface area (Å²) in [5, 5.41) is 10.1. The number of hydrogen-bond acceptors (Lipinski definition) is 6. The lowest BCUT2D eigenvalue weighted by Gasteiger charge is -2.19. The van der Waals surface area contributed by atoms with E-state index in [1.54, 1.807) is 16.7 Å². The van der Waals surface area contributed by atoms with Gasteiger partial charge in [-0.25, -0.2) is 0 Å². The van der Waals surface area contributed by atoms with Crippen LogP contribution >= 0.6 is 35.7 Å². The molecule has 154 valence electrons. The number of anilines is 1. The number of aliphatic carboxylic acids is 1. The molecule has 3 rings (SSSR count). The van der Waals surface area contributed by atoms with E-state index in [2.05, 4.69) is 49.6 Å². The molecule has 0 aliphatic carbocycles. The highest BCUT2D eigenvalue weighted by molar-refractivity contribution is 8.26. The van der Waals surface area contributed by atoms with Crippen molar-refractivity contribution in [2.24, 2.45) is 0 Å². The largest absolute Gasteiger partial charge is 0.480 e. The Bertz CT molecular complexity index is 730. The summed E-state index contributed by atoms with van der Waals surface area (Å²) in [6.07, 6.45) is 0. The number of thiocarbonyl (C=S) groups is 1. The average molecular weight is 440 g/mol. The van der Waals surface area contributed by atoms with Gasteiger partial charge in [0.25, 0.3) is 0 Å². The third-order valence-electron chi connectivity index (χ3n) is 4.63. The van der Waals surface area contributed by atoms with Crippen molar-refractivity contribution in [3.05, 3.63) is 34.2 Å². The zero-order valence-corrected chi connectivity index (χ0v) is 19.4. The molecule has 28 heavy (non-hydrogen) atoms. The van der Waals surface area contributed by atoms with Crippen molar-refractivity contribution in [2.45, 2.75) is 32.6 Å². The van der Waals surface area contributed by atoms with Crippen LogP contribution in [0.5, 0.6) is 0 Å². The molecular weight excluding hydrogens is 410 g/mol. The van der Waals surface area contributed by atoms with E-state index in [0.29, 0.717) is 10.9 Å². The number of fused-ring (bicyclic) bond motifs is 1. The summed E-state index contributed by atoms with van der Waals surface area (Å²) in [5.74, 6) is -0.848. The Morgan fingerprint density at radius 2 is 1.79 bits per heavy atom. The van der Waals surface area contributed by atoms with Crippen LogP contribution in [-0.4, -0.2) is 64.5 Å². The molecule has 0 bridgehead atoms. The Morgan fingerprint density at radius 1 is 1.14 bits per heavy atom. The minimum Gasteiger partial charge on any atom is -0.480 e. The number of carbonyl (C=O) groups is 1. The molecule has 0 aromatic heterocycles. The number of rotatable bonds is 6. The summed E-state index contributed by atoms with van der Waals surface area (Å²) in [5.41, 5.74) is 1.22. The fraction of sp³-hybridized carbons (Fsp3) is 0.500. The zero-order chi connectivity index (χ0) is 20.7. The van der Waals surface area contributed by atoms with Gasteiger partial charge in [0, 0.05) is 16.3 Å². The quantitative estimate of drug-likeness (QED) is 0.648. The van der Waals surface area contributed by atoms with Crippen LogP contribution in [0, 0.1) is 0 Å². The molecule has 0 unspecified atom stereocenters. The summed E-state index contributed by atoms with van der Waals surface area (Å²) >= 11 is 8.55. The lowest BCUT2D eigenvalue weighted by atomic mass is 10.3. The van der Waals surface area contributed by atoms with Crippen LogP contribution in [0.25, 0.3) is 0 Å². The molecule has 0 amide bonds. The van der Waals surface area contributed by atoms with Gasteiger partial charge in [-0.2, -0.15) is 0 Å². The first-order valence-corrected chi connectivity index (χ1v) is 11.7. The van der Waals surface area contributed by atoms with Gasteiger partial charge in [-0.15, -0.1) is 0 Å². The van der Waals surface area contributed by atoms with Crippen LogP contribution in [0.15, 0.2) is 39.1 Å². The van der Waals surface area contributed by atoms with E-state index in [1.165, 1.54) is 47.0 Å². The van der Waals surface area contributed by atoms with Crippen LogP contribution in [0.4, 0.5) is 5.69 Å². The molecule has 0 atom stereocenters. The first-order chi connectivity index (χ1) is 13.4. The van der Waals surface area contributed by atoms with Gasteiger partial charge in [0.2, 0.25) is 0 Å². The topological polar surface area (TPSA) is 47.0 Å². The molecule has 2 aliphatic heterocycles. The van der Waals surface area contributed by atoms with Gasteiger partial charge in [-0.3, -0.25) is 4.79 Å². The summed E-state index contributed by atoms with van der Waals surface area (Å²) in [6, 6.07) is 8.31. The smallest absolute Gasteiger partial charge is 0.323 e.